The third kappa shape index (κ3) is 3.39. The van der Waals surface area contributed by atoms with E-state index in [2.05, 4.69) is 15.5 Å². The molecule has 6 nitrogen and oxygen atoms in total. The molecule has 1 aromatic heterocycles. The molecule has 3 aromatic rings. The number of nitrogens with zero attached hydrogens (tertiary/aromatic N) is 2. The van der Waals surface area contributed by atoms with E-state index in [1.807, 2.05) is 24.3 Å². The second-order valence-corrected chi connectivity index (χ2v) is 5.13. The van der Waals surface area contributed by atoms with Crippen molar-refractivity contribution in [2.24, 2.45) is 5.10 Å². The fourth-order valence-electron chi connectivity index (χ4n) is 2.29. The molecular weight excluding hydrogens is 306 g/mol. The summed E-state index contributed by atoms with van der Waals surface area (Å²) in [5, 5.41) is 24.6. The molecule has 0 fully saturated rings. The summed E-state index contributed by atoms with van der Waals surface area (Å²) in [4.78, 5) is 16.3. The van der Waals surface area contributed by atoms with Crippen molar-refractivity contribution in [3.63, 3.8) is 0 Å². The summed E-state index contributed by atoms with van der Waals surface area (Å²) in [5.41, 5.74) is 3.52. The summed E-state index contributed by atoms with van der Waals surface area (Å²) in [5.74, 6) is -0.630. The summed E-state index contributed by atoms with van der Waals surface area (Å²) in [7, 11) is 0. The highest BCUT2D eigenvalue weighted by Gasteiger charge is 2.11. The van der Waals surface area contributed by atoms with Crippen molar-refractivity contribution in [3.05, 3.63) is 71.5 Å². The van der Waals surface area contributed by atoms with Gasteiger partial charge in [0.15, 0.2) is 0 Å². The van der Waals surface area contributed by atoms with Crippen LogP contribution < -0.4 is 5.43 Å². The fraction of sp³-hybridized carbons (Fsp3) is 0.0556. The molecular formula is C18H15N3O3. The zero-order chi connectivity index (χ0) is 16.9. The van der Waals surface area contributed by atoms with Crippen LogP contribution in [0, 0.1) is 0 Å². The highest BCUT2D eigenvalue weighted by Crippen LogP contribution is 2.24. The van der Waals surface area contributed by atoms with Gasteiger partial charge in [0.25, 0.3) is 5.91 Å². The molecule has 120 valence electrons. The molecule has 0 aliphatic carbocycles. The van der Waals surface area contributed by atoms with Gasteiger partial charge in [0.05, 0.1) is 29.8 Å². The first-order chi connectivity index (χ1) is 11.7. The molecule has 0 spiro atoms. The van der Waals surface area contributed by atoms with Crippen molar-refractivity contribution in [2.75, 3.05) is 0 Å². The third-order valence-corrected chi connectivity index (χ3v) is 3.46. The van der Waals surface area contributed by atoms with Crippen molar-refractivity contribution >= 4 is 22.9 Å². The van der Waals surface area contributed by atoms with Gasteiger partial charge in [-0.25, -0.2) is 10.4 Å². The van der Waals surface area contributed by atoms with E-state index in [-0.39, 0.29) is 17.9 Å². The Morgan fingerprint density at radius 1 is 1.12 bits per heavy atom. The lowest BCUT2D eigenvalue weighted by Gasteiger charge is -2.05. The molecule has 0 atom stereocenters. The van der Waals surface area contributed by atoms with Crippen molar-refractivity contribution in [3.8, 4) is 5.75 Å². The predicted molar refractivity (Wildman–Crippen MR) is 90.8 cm³/mol. The number of hydrogen-bond donors (Lipinski definition) is 3. The number of rotatable bonds is 4. The van der Waals surface area contributed by atoms with Crippen LogP contribution in [0.5, 0.6) is 5.75 Å². The minimum atomic E-state index is -0.521. The molecule has 0 unspecified atom stereocenters. The Hall–Kier alpha value is -3.25. The Labute approximate surface area is 138 Å². The Morgan fingerprint density at radius 3 is 2.62 bits per heavy atom. The van der Waals surface area contributed by atoms with Gasteiger partial charge in [0, 0.05) is 0 Å². The van der Waals surface area contributed by atoms with Crippen LogP contribution in [0.15, 0.2) is 59.7 Å². The second kappa shape index (κ2) is 6.89. The highest BCUT2D eigenvalue weighted by atomic mass is 16.3. The van der Waals surface area contributed by atoms with E-state index in [1.165, 1.54) is 6.21 Å². The maximum Gasteiger partial charge on any atom is 0.275 e. The number of benzene rings is 2. The topological polar surface area (TPSA) is 94.8 Å². The number of nitrogens with one attached hydrogen (secondary N) is 1. The molecule has 3 rings (SSSR count). The number of pyridine rings is 1. The van der Waals surface area contributed by atoms with Gasteiger partial charge in [0.1, 0.15) is 5.75 Å². The number of aliphatic hydroxyl groups excluding tert-OH is 1. The summed E-state index contributed by atoms with van der Waals surface area (Å²) < 4.78 is 0. The number of fused-ring (bicyclic) bond motifs is 1. The third-order valence-electron chi connectivity index (χ3n) is 3.46. The molecule has 1 heterocycles. The molecule has 0 bridgehead atoms. The standard InChI is InChI=1S/C18H15N3O3/c22-11-15-7-3-6-14(20-15)10-19-21-18(24)16-8-12-4-1-2-5-13(12)9-17(16)23/h1-10,22-23H,11H2,(H,21,24)/b19-10+. The Bertz CT molecular complexity index is 922. The van der Waals surface area contributed by atoms with Gasteiger partial charge in [-0.05, 0) is 35.0 Å². The molecule has 0 saturated heterocycles. The van der Waals surface area contributed by atoms with Crippen LogP contribution in [0.4, 0.5) is 0 Å². The second-order valence-electron chi connectivity index (χ2n) is 5.13. The summed E-state index contributed by atoms with van der Waals surface area (Å²) >= 11 is 0. The quantitative estimate of drug-likeness (QED) is 0.507. The lowest BCUT2D eigenvalue weighted by molar-refractivity contribution is 0.0952. The lowest BCUT2D eigenvalue weighted by atomic mass is 10.1. The van der Waals surface area contributed by atoms with Crippen molar-refractivity contribution in [1.82, 2.24) is 10.4 Å². The van der Waals surface area contributed by atoms with Crippen LogP contribution in [0.3, 0.4) is 0 Å². The SMILES string of the molecule is O=C(N/N=C/c1cccc(CO)n1)c1cc2ccccc2cc1O. The van der Waals surface area contributed by atoms with Crippen LogP contribution in [0.25, 0.3) is 10.8 Å². The number of aromatic hydroxyl groups is 1. The van der Waals surface area contributed by atoms with E-state index in [0.29, 0.717) is 11.4 Å². The number of carbonyl (C=O) groups is 1. The first-order valence-electron chi connectivity index (χ1n) is 7.29. The van der Waals surface area contributed by atoms with Crippen molar-refractivity contribution in [1.29, 1.82) is 0 Å². The zero-order valence-electron chi connectivity index (χ0n) is 12.7. The number of amides is 1. The zero-order valence-corrected chi connectivity index (χ0v) is 12.7. The van der Waals surface area contributed by atoms with Crippen molar-refractivity contribution in [2.45, 2.75) is 6.61 Å². The number of hydrogen-bond acceptors (Lipinski definition) is 5. The van der Waals surface area contributed by atoms with E-state index in [1.54, 1.807) is 30.3 Å². The van der Waals surface area contributed by atoms with Crippen molar-refractivity contribution < 1.29 is 15.0 Å². The molecule has 6 heteroatoms. The van der Waals surface area contributed by atoms with Crippen LogP contribution in [0.2, 0.25) is 0 Å². The number of hydrazone groups is 1. The van der Waals surface area contributed by atoms with Crippen LogP contribution in [-0.2, 0) is 6.61 Å². The average Bonchev–Trinajstić information content (AvgIpc) is 2.61. The fourth-order valence-corrected chi connectivity index (χ4v) is 2.29. The molecule has 2 aromatic carbocycles. The largest absolute Gasteiger partial charge is 0.507 e. The Morgan fingerprint density at radius 2 is 1.88 bits per heavy atom. The summed E-state index contributed by atoms with van der Waals surface area (Å²) in [6, 6.07) is 15.7. The highest BCUT2D eigenvalue weighted by molar-refractivity contribution is 6.01. The number of aromatic nitrogens is 1. The average molecular weight is 321 g/mol. The minimum absolute atomic E-state index is 0.109. The van der Waals surface area contributed by atoms with Gasteiger partial charge in [-0.2, -0.15) is 5.10 Å². The number of phenolic OH excluding ortho intramolecular Hbond substituents is 1. The maximum atomic E-state index is 12.2. The molecule has 24 heavy (non-hydrogen) atoms. The van der Waals surface area contributed by atoms with Crippen LogP contribution in [-0.4, -0.2) is 27.3 Å². The first-order valence-corrected chi connectivity index (χ1v) is 7.29. The first kappa shape index (κ1) is 15.6. The molecule has 3 N–H and O–H groups in total. The van der Waals surface area contributed by atoms with E-state index in [9.17, 15) is 9.90 Å². The minimum Gasteiger partial charge on any atom is -0.507 e. The van der Waals surface area contributed by atoms with E-state index in [4.69, 9.17) is 5.11 Å². The molecule has 1 amide bonds. The maximum absolute atomic E-state index is 12.2. The monoisotopic (exact) mass is 321 g/mol. The molecule has 0 aliphatic heterocycles. The van der Waals surface area contributed by atoms with E-state index < -0.39 is 5.91 Å². The normalized spacial score (nSPS) is 11.0. The Balaban J connectivity index is 1.77. The van der Waals surface area contributed by atoms with Crippen LogP contribution >= 0.6 is 0 Å². The van der Waals surface area contributed by atoms with Crippen LogP contribution in [0.1, 0.15) is 21.7 Å². The molecule has 0 aliphatic rings. The van der Waals surface area contributed by atoms with Gasteiger partial charge < -0.3 is 10.2 Å². The smallest absolute Gasteiger partial charge is 0.275 e. The van der Waals surface area contributed by atoms with Gasteiger partial charge in [-0.15, -0.1) is 0 Å². The van der Waals surface area contributed by atoms with Gasteiger partial charge in [0.2, 0.25) is 0 Å². The summed E-state index contributed by atoms with van der Waals surface area (Å²) in [6.07, 6.45) is 1.37. The van der Waals surface area contributed by atoms with Gasteiger partial charge in [-0.1, -0.05) is 30.3 Å². The number of aliphatic hydroxyl groups is 1. The lowest BCUT2D eigenvalue weighted by Crippen LogP contribution is -2.17. The van der Waals surface area contributed by atoms with Gasteiger partial charge in [-0.3, -0.25) is 4.79 Å². The van der Waals surface area contributed by atoms with Gasteiger partial charge >= 0.3 is 0 Å². The Kier molecular flexibility index (Phi) is 4.49. The van der Waals surface area contributed by atoms with E-state index >= 15 is 0 Å². The number of carbonyl (C=O) groups excluding carboxylic acids is 1. The number of phenols is 1. The molecule has 0 saturated carbocycles. The van der Waals surface area contributed by atoms with E-state index in [0.717, 1.165) is 10.8 Å². The summed E-state index contributed by atoms with van der Waals surface area (Å²) in [6.45, 7) is -0.168. The molecule has 0 radical (unpaired) electrons. The predicted octanol–water partition coefficient (Wildman–Crippen LogP) is 2.20.